The van der Waals surface area contributed by atoms with E-state index in [1.54, 1.807) is 0 Å². The quantitative estimate of drug-likeness (QED) is 0.408. The third-order valence-corrected chi connectivity index (χ3v) is 5.87. The van der Waals surface area contributed by atoms with E-state index in [0.29, 0.717) is 5.92 Å². The molecule has 0 rings (SSSR count). The van der Waals surface area contributed by atoms with E-state index in [1.807, 2.05) is 0 Å². The molecule has 0 saturated carbocycles. The van der Waals surface area contributed by atoms with E-state index >= 15 is 0 Å². The Morgan fingerprint density at radius 1 is 0.727 bits per heavy atom. The summed E-state index contributed by atoms with van der Waals surface area (Å²) in [5.41, 5.74) is 12.3. The first kappa shape index (κ1) is 21.9. The molecule has 1 unspecified atom stereocenters. The molecular weight excluding hydrogens is 268 g/mol. The Morgan fingerprint density at radius 2 is 1.14 bits per heavy atom. The summed E-state index contributed by atoms with van der Waals surface area (Å²) in [6.07, 6.45) is 15.1. The lowest BCUT2D eigenvalue weighted by Gasteiger charge is -2.44. The van der Waals surface area contributed by atoms with Crippen molar-refractivity contribution in [3.05, 3.63) is 0 Å². The SMILES string of the molecule is CCCCCCCCCCCCC(CN)C(C)(C)C(C)(C)N. The molecule has 0 fully saturated rings. The minimum Gasteiger partial charge on any atom is -0.330 e. The zero-order valence-corrected chi connectivity index (χ0v) is 16.2. The molecule has 0 saturated heterocycles. The van der Waals surface area contributed by atoms with Crippen LogP contribution in [-0.4, -0.2) is 12.1 Å². The Morgan fingerprint density at radius 3 is 1.50 bits per heavy atom. The number of hydrogen-bond acceptors (Lipinski definition) is 2. The Balaban J connectivity index is 3.72. The van der Waals surface area contributed by atoms with E-state index in [4.69, 9.17) is 11.5 Å². The van der Waals surface area contributed by atoms with Gasteiger partial charge in [0.05, 0.1) is 0 Å². The Labute approximate surface area is 140 Å². The summed E-state index contributed by atoms with van der Waals surface area (Å²) in [5.74, 6) is 0.529. The highest BCUT2D eigenvalue weighted by Crippen LogP contribution is 2.38. The zero-order chi connectivity index (χ0) is 17.1. The van der Waals surface area contributed by atoms with Gasteiger partial charge in [-0.05, 0) is 38.1 Å². The largest absolute Gasteiger partial charge is 0.330 e. The van der Waals surface area contributed by atoms with Gasteiger partial charge in [-0.2, -0.15) is 0 Å². The van der Waals surface area contributed by atoms with Crippen molar-refractivity contribution in [1.29, 1.82) is 0 Å². The predicted molar refractivity (Wildman–Crippen MR) is 101 cm³/mol. The molecule has 0 bridgehead atoms. The van der Waals surface area contributed by atoms with Crippen LogP contribution in [0.15, 0.2) is 0 Å². The standard InChI is InChI=1S/C20H44N2/c1-6-7-8-9-10-11-12-13-14-15-16-18(17-21)19(2,3)20(4,5)22/h18H,6-17,21-22H2,1-5H3. The first-order valence-electron chi connectivity index (χ1n) is 9.76. The molecule has 134 valence electrons. The van der Waals surface area contributed by atoms with E-state index in [2.05, 4.69) is 34.6 Å². The number of unbranched alkanes of at least 4 members (excludes halogenated alkanes) is 9. The second kappa shape index (κ2) is 11.5. The molecule has 0 radical (unpaired) electrons. The van der Waals surface area contributed by atoms with Gasteiger partial charge in [0.15, 0.2) is 0 Å². The van der Waals surface area contributed by atoms with Gasteiger partial charge < -0.3 is 11.5 Å². The van der Waals surface area contributed by atoms with Gasteiger partial charge >= 0.3 is 0 Å². The van der Waals surface area contributed by atoms with Crippen molar-refractivity contribution in [3.63, 3.8) is 0 Å². The molecule has 0 spiro atoms. The molecule has 0 aromatic carbocycles. The number of hydrogen-bond donors (Lipinski definition) is 2. The Bertz CT molecular complexity index is 253. The van der Waals surface area contributed by atoms with Crippen LogP contribution in [0.2, 0.25) is 0 Å². The molecule has 0 aliphatic rings. The van der Waals surface area contributed by atoms with E-state index in [-0.39, 0.29) is 11.0 Å². The maximum Gasteiger partial charge on any atom is 0.0152 e. The highest BCUT2D eigenvalue weighted by Gasteiger charge is 2.39. The monoisotopic (exact) mass is 312 g/mol. The molecule has 1 atom stereocenters. The fourth-order valence-electron chi connectivity index (χ4n) is 3.18. The van der Waals surface area contributed by atoms with E-state index in [0.717, 1.165) is 6.54 Å². The summed E-state index contributed by atoms with van der Waals surface area (Å²) in [6.45, 7) is 11.9. The maximum atomic E-state index is 6.35. The minimum absolute atomic E-state index is 0.0982. The fourth-order valence-corrected chi connectivity index (χ4v) is 3.18. The zero-order valence-electron chi connectivity index (χ0n) is 16.2. The van der Waals surface area contributed by atoms with Crippen LogP contribution in [0.25, 0.3) is 0 Å². The molecule has 0 amide bonds. The summed E-state index contributed by atoms with van der Waals surface area (Å²) < 4.78 is 0. The first-order valence-corrected chi connectivity index (χ1v) is 9.76. The molecule has 2 heteroatoms. The molecule has 0 heterocycles. The smallest absolute Gasteiger partial charge is 0.0152 e. The predicted octanol–water partition coefficient (Wildman–Crippen LogP) is 5.64. The van der Waals surface area contributed by atoms with Crippen LogP contribution in [0.1, 0.15) is 105 Å². The summed E-state index contributed by atoms with van der Waals surface area (Å²) in [4.78, 5) is 0. The maximum absolute atomic E-state index is 6.35. The van der Waals surface area contributed by atoms with E-state index < -0.39 is 0 Å². The minimum atomic E-state index is -0.171. The van der Waals surface area contributed by atoms with Crippen LogP contribution < -0.4 is 11.5 Å². The van der Waals surface area contributed by atoms with Crippen molar-refractivity contribution < 1.29 is 0 Å². The third kappa shape index (κ3) is 8.53. The summed E-state index contributed by atoms with van der Waals surface area (Å²) in [5, 5.41) is 0. The van der Waals surface area contributed by atoms with Crippen molar-refractivity contribution in [2.75, 3.05) is 6.54 Å². The lowest BCUT2D eigenvalue weighted by atomic mass is 9.65. The molecular formula is C20H44N2. The van der Waals surface area contributed by atoms with Gasteiger partial charge in [-0.15, -0.1) is 0 Å². The van der Waals surface area contributed by atoms with Gasteiger partial charge in [-0.25, -0.2) is 0 Å². The van der Waals surface area contributed by atoms with Gasteiger partial charge in [0, 0.05) is 5.54 Å². The van der Waals surface area contributed by atoms with Crippen molar-refractivity contribution in [2.24, 2.45) is 22.8 Å². The van der Waals surface area contributed by atoms with Crippen molar-refractivity contribution in [2.45, 2.75) is 111 Å². The Kier molecular flexibility index (Phi) is 11.4. The molecule has 0 aliphatic carbocycles. The molecule has 0 aromatic rings. The normalized spacial score (nSPS) is 14.3. The summed E-state index contributed by atoms with van der Waals surface area (Å²) in [6, 6.07) is 0. The topological polar surface area (TPSA) is 52.0 Å². The van der Waals surface area contributed by atoms with Gasteiger partial charge in [0.25, 0.3) is 0 Å². The Hall–Kier alpha value is -0.0800. The molecule has 22 heavy (non-hydrogen) atoms. The van der Waals surface area contributed by atoms with Gasteiger partial charge in [-0.1, -0.05) is 85.0 Å². The van der Waals surface area contributed by atoms with Gasteiger partial charge in [-0.3, -0.25) is 0 Å². The van der Waals surface area contributed by atoms with Crippen LogP contribution in [0.4, 0.5) is 0 Å². The first-order chi connectivity index (χ1) is 10.3. The lowest BCUT2D eigenvalue weighted by molar-refractivity contribution is 0.104. The third-order valence-electron chi connectivity index (χ3n) is 5.87. The molecule has 2 nitrogen and oxygen atoms in total. The van der Waals surface area contributed by atoms with Crippen LogP contribution in [0, 0.1) is 11.3 Å². The van der Waals surface area contributed by atoms with Gasteiger partial charge in [0.2, 0.25) is 0 Å². The fraction of sp³-hybridized carbons (Fsp3) is 1.00. The van der Waals surface area contributed by atoms with Gasteiger partial charge in [0.1, 0.15) is 0 Å². The second-order valence-corrected chi connectivity index (χ2v) is 8.35. The van der Waals surface area contributed by atoms with Crippen LogP contribution >= 0.6 is 0 Å². The van der Waals surface area contributed by atoms with Crippen molar-refractivity contribution in [1.82, 2.24) is 0 Å². The highest BCUT2D eigenvalue weighted by molar-refractivity contribution is 4.95. The molecule has 0 aliphatic heterocycles. The highest BCUT2D eigenvalue weighted by atomic mass is 14.8. The summed E-state index contributed by atoms with van der Waals surface area (Å²) in [7, 11) is 0. The average molecular weight is 313 g/mol. The summed E-state index contributed by atoms with van der Waals surface area (Å²) >= 11 is 0. The number of rotatable bonds is 14. The number of nitrogens with two attached hydrogens (primary N) is 2. The van der Waals surface area contributed by atoms with Crippen molar-refractivity contribution >= 4 is 0 Å². The van der Waals surface area contributed by atoms with E-state index in [9.17, 15) is 0 Å². The van der Waals surface area contributed by atoms with Crippen LogP contribution in [0.3, 0.4) is 0 Å². The van der Waals surface area contributed by atoms with Crippen molar-refractivity contribution in [3.8, 4) is 0 Å². The van der Waals surface area contributed by atoms with Crippen LogP contribution in [0.5, 0.6) is 0 Å². The van der Waals surface area contributed by atoms with Crippen LogP contribution in [-0.2, 0) is 0 Å². The van der Waals surface area contributed by atoms with E-state index in [1.165, 1.54) is 70.6 Å². The average Bonchev–Trinajstić information content (AvgIpc) is 2.43. The lowest BCUT2D eigenvalue weighted by Crippen LogP contribution is -2.53. The second-order valence-electron chi connectivity index (χ2n) is 8.35. The molecule has 0 aromatic heterocycles. The molecule has 4 N–H and O–H groups in total.